The number of ether oxygens (including phenoxy) is 1. The van der Waals surface area contributed by atoms with E-state index in [0.29, 0.717) is 0 Å². The number of hydrogen-bond donors (Lipinski definition) is 1. The molecule has 0 aliphatic heterocycles. The van der Waals surface area contributed by atoms with Crippen molar-refractivity contribution in [3.8, 4) is 5.75 Å². The van der Waals surface area contributed by atoms with Crippen LogP contribution in [0.5, 0.6) is 5.75 Å². The zero-order chi connectivity index (χ0) is 12.3. The van der Waals surface area contributed by atoms with Gasteiger partial charge in [0, 0.05) is 0 Å². The second-order valence-electron chi connectivity index (χ2n) is 3.54. The summed E-state index contributed by atoms with van der Waals surface area (Å²) in [7, 11) is 0. The lowest BCUT2D eigenvalue weighted by Crippen LogP contribution is -2.26. The molecule has 1 aromatic carbocycles. The third-order valence-corrected chi connectivity index (χ3v) is 1.86. The van der Waals surface area contributed by atoms with Crippen molar-refractivity contribution < 1.29 is 23.4 Å². The first kappa shape index (κ1) is 12.4. The van der Waals surface area contributed by atoms with Gasteiger partial charge in [0.05, 0.1) is 11.7 Å². The van der Waals surface area contributed by atoms with Crippen LogP contribution in [-0.2, 0) is 10.7 Å². The smallest absolute Gasteiger partial charge is 0.379 e. The molecule has 1 N–H and O–H groups in total. The molecule has 0 aliphatic carbocycles. The van der Waals surface area contributed by atoms with Crippen molar-refractivity contribution >= 4 is 5.97 Å². The Hall–Kier alpha value is -1.65. The highest BCUT2D eigenvalue weighted by Gasteiger charge is 2.43. The lowest BCUT2D eigenvalue weighted by Gasteiger charge is -2.18. The van der Waals surface area contributed by atoms with Gasteiger partial charge in [-0.15, -0.1) is 0 Å². The Morgan fingerprint density at radius 2 is 1.94 bits per heavy atom. The number of halogens is 2. The predicted octanol–water partition coefficient (Wildman–Crippen LogP) is 2.65. The van der Waals surface area contributed by atoms with Gasteiger partial charge in [0.25, 0.3) is 0 Å². The van der Waals surface area contributed by atoms with Crippen molar-refractivity contribution in [2.75, 3.05) is 0 Å². The zero-order valence-corrected chi connectivity index (χ0v) is 8.91. The van der Waals surface area contributed by atoms with Gasteiger partial charge in [-0.25, -0.2) is 4.79 Å². The van der Waals surface area contributed by atoms with E-state index >= 15 is 0 Å². The summed E-state index contributed by atoms with van der Waals surface area (Å²) in [6.07, 6.45) is -0.300. The van der Waals surface area contributed by atoms with Gasteiger partial charge in [0.1, 0.15) is 5.75 Å². The molecule has 0 heterocycles. The first-order chi connectivity index (χ1) is 7.35. The number of carbonyl (C=O) groups is 1. The van der Waals surface area contributed by atoms with Crippen molar-refractivity contribution in [3.63, 3.8) is 0 Å². The number of rotatable bonds is 4. The van der Waals surface area contributed by atoms with Crippen LogP contribution < -0.4 is 4.74 Å². The summed E-state index contributed by atoms with van der Waals surface area (Å²) < 4.78 is 31.8. The molecule has 3 nitrogen and oxygen atoms in total. The van der Waals surface area contributed by atoms with Crippen LogP contribution in [0.1, 0.15) is 19.4 Å². The van der Waals surface area contributed by atoms with Crippen LogP contribution in [0.4, 0.5) is 8.78 Å². The number of carboxylic acids is 1. The monoisotopic (exact) mass is 230 g/mol. The van der Waals surface area contributed by atoms with E-state index in [1.54, 1.807) is 13.8 Å². The van der Waals surface area contributed by atoms with Crippen molar-refractivity contribution in [3.05, 3.63) is 29.8 Å². The molecule has 0 spiro atoms. The second-order valence-corrected chi connectivity index (χ2v) is 3.54. The molecule has 5 heteroatoms. The van der Waals surface area contributed by atoms with E-state index in [1.165, 1.54) is 18.2 Å². The summed E-state index contributed by atoms with van der Waals surface area (Å²) in [6.45, 7) is 3.35. The van der Waals surface area contributed by atoms with Crippen LogP contribution in [-0.4, -0.2) is 17.2 Å². The number of carboxylic acid groups (broad SMARTS) is 1. The SMILES string of the molecule is CC(C)Oc1ccccc1C(F)(F)C(=O)O. The fourth-order valence-corrected chi connectivity index (χ4v) is 1.20. The maximum Gasteiger partial charge on any atom is 0.379 e. The highest BCUT2D eigenvalue weighted by Crippen LogP contribution is 2.35. The van der Waals surface area contributed by atoms with E-state index in [-0.39, 0.29) is 11.9 Å². The molecule has 0 unspecified atom stereocenters. The second kappa shape index (κ2) is 4.47. The molecule has 0 radical (unpaired) electrons. The lowest BCUT2D eigenvalue weighted by molar-refractivity contribution is -0.166. The average Bonchev–Trinajstić information content (AvgIpc) is 2.17. The number of aliphatic carboxylic acids is 1. The summed E-state index contributed by atoms with van der Waals surface area (Å²) >= 11 is 0. The average molecular weight is 230 g/mol. The highest BCUT2D eigenvalue weighted by atomic mass is 19.3. The lowest BCUT2D eigenvalue weighted by atomic mass is 10.1. The minimum atomic E-state index is -3.94. The van der Waals surface area contributed by atoms with Crippen LogP contribution in [0, 0.1) is 0 Å². The predicted molar refractivity (Wildman–Crippen MR) is 53.7 cm³/mol. The molecule has 0 amide bonds. The number of hydrogen-bond acceptors (Lipinski definition) is 2. The third kappa shape index (κ3) is 2.48. The molecule has 1 aromatic rings. The molecular weight excluding hydrogens is 218 g/mol. The molecule has 16 heavy (non-hydrogen) atoms. The van der Waals surface area contributed by atoms with Crippen molar-refractivity contribution in [1.82, 2.24) is 0 Å². The highest BCUT2D eigenvalue weighted by molar-refractivity contribution is 5.78. The molecule has 0 saturated carbocycles. The quantitative estimate of drug-likeness (QED) is 0.864. The normalized spacial score (nSPS) is 11.6. The van der Waals surface area contributed by atoms with E-state index < -0.39 is 17.5 Å². The van der Waals surface area contributed by atoms with Crippen molar-refractivity contribution in [2.24, 2.45) is 0 Å². The fraction of sp³-hybridized carbons (Fsp3) is 0.364. The van der Waals surface area contributed by atoms with Crippen LogP contribution >= 0.6 is 0 Å². The summed E-state index contributed by atoms with van der Waals surface area (Å²) in [5.74, 6) is -6.23. The summed E-state index contributed by atoms with van der Waals surface area (Å²) in [4.78, 5) is 10.5. The Morgan fingerprint density at radius 1 is 1.38 bits per heavy atom. The number of benzene rings is 1. The largest absolute Gasteiger partial charge is 0.490 e. The van der Waals surface area contributed by atoms with Gasteiger partial charge in [0.15, 0.2) is 0 Å². The Kier molecular flexibility index (Phi) is 3.47. The van der Waals surface area contributed by atoms with Crippen molar-refractivity contribution in [2.45, 2.75) is 25.9 Å². The third-order valence-electron chi connectivity index (χ3n) is 1.86. The standard InChI is InChI=1S/C11H12F2O3/c1-7(2)16-9-6-4-3-5-8(9)11(12,13)10(14)15/h3-7H,1-2H3,(H,14,15). The van der Waals surface area contributed by atoms with Gasteiger partial charge in [-0.3, -0.25) is 0 Å². The Bertz CT molecular complexity index is 389. The molecule has 88 valence electrons. The van der Waals surface area contributed by atoms with Gasteiger partial charge < -0.3 is 9.84 Å². The number of para-hydroxylation sites is 1. The van der Waals surface area contributed by atoms with Crippen LogP contribution in [0.3, 0.4) is 0 Å². The Morgan fingerprint density at radius 3 is 2.44 bits per heavy atom. The summed E-state index contributed by atoms with van der Waals surface area (Å²) in [5.41, 5.74) is -0.629. The van der Waals surface area contributed by atoms with Crippen LogP contribution in [0.15, 0.2) is 24.3 Å². The zero-order valence-electron chi connectivity index (χ0n) is 8.91. The van der Waals surface area contributed by atoms with E-state index in [9.17, 15) is 13.6 Å². The van der Waals surface area contributed by atoms with Crippen LogP contribution in [0.25, 0.3) is 0 Å². The summed E-state index contributed by atoms with van der Waals surface area (Å²) in [6, 6.07) is 5.23. The van der Waals surface area contributed by atoms with E-state index in [1.807, 2.05) is 0 Å². The molecule has 0 aromatic heterocycles. The van der Waals surface area contributed by atoms with Gasteiger partial charge in [-0.1, -0.05) is 12.1 Å². The molecule has 0 bridgehead atoms. The van der Waals surface area contributed by atoms with E-state index in [0.717, 1.165) is 6.07 Å². The van der Waals surface area contributed by atoms with Gasteiger partial charge in [0.2, 0.25) is 0 Å². The molecular formula is C11H12F2O3. The molecule has 0 fully saturated rings. The topological polar surface area (TPSA) is 46.5 Å². The van der Waals surface area contributed by atoms with E-state index in [2.05, 4.69) is 0 Å². The van der Waals surface area contributed by atoms with Gasteiger partial charge in [-0.2, -0.15) is 8.78 Å². The summed E-state index contributed by atoms with van der Waals surface area (Å²) in [5, 5.41) is 8.45. The molecule has 0 aliphatic rings. The molecule has 0 saturated heterocycles. The molecule has 0 atom stereocenters. The minimum absolute atomic E-state index is 0.107. The van der Waals surface area contributed by atoms with Crippen molar-refractivity contribution in [1.29, 1.82) is 0 Å². The molecule has 1 rings (SSSR count). The maximum absolute atomic E-state index is 13.3. The van der Waals surface area contributed by atoms with Crippen LogP contribution in [0.2, 0.25) is 0 Å². The van der Waals surface area contributed by atoms with Gasteiger partial charge >= 0.3 is 11.9 Å². The van der Waals surface area contributed by atoms with E-state index in [4.69, 9.17) is 9.84 Å². The Balaban J connectivity index is 3.17. The Labute approximate surface area is 91.7 Å². The fourth-order valence-electron chi connectivity index (χ4n) is 1.20. The minimum Gasteiger partial charge on any atom is -0.490 e. The maximum atomic E-state index is 13.3. The first-order valence-corrected chi connectivity index (χ1v) is 4.73. The first-order valence-electron chi connectivity index (χ1n) is 4.73. The van der Waals surface area contributed by atoms with Gasteiger partial charge in [-0.05, 0) is 26.0 Å². The number of alkyl halides is 2.